The summed E-state index contributed by atoms with van der Waals surface area (Å²) in [6.07, 6.45) is 0. The number of imidazole rings is 1. The van der Waals surface area contributed by atoms with E-state index in [9.17, 15) is 4.79 Å². The summed E-state index contributed by atoms with van der Waals surface area (Å²) in [5.74, 6) is 0.366. The SMILES string of the molecule is COCCn1c(SCc2ccc(C(N)=O)cc2)nc2ccccc21. The molecule has 0 atom stereocenters. The molecule has 3 aromatic rings. The number of carbonyl (C=O) groups excluding carboxylic acids is 1. The third-order valence-corrected chi connectivity index (χ3v) is 4.79. The predicted octanol–water partition coefficient (Wildman–Crippen LogP) is 3.07. The molecule has 0 aliphatic rings. The van der Waals surface area contributed by atoms with E-state index < -0.39 is 5.91 Å². The Morgan fingerprint density at radius 2 is 1.96 bits per heavy atom. The minimum Gasteiger partial charge on any atom is -0.383 e. The number of fused-ring (bicyclic) bond motifs is 1. The summed E-state index contributed by atoms with van der Waals surface area (Å²) in [6, 6.07) is 15.5. The molecule has 1 amide bonds. The molecule has 2 aromatic carbocycles. The zero-order chi connectivity index (χ0) is 16.9. The first-order valence-electron chi connectivity index (χ1n) is 7.65. The molecular weight excluding hydrogens is 322 g/mol. The number of methoxy groups -OCH3 is 1. The Balaban J connectivity index is 1.80. The van der Waals surface area contributed by atoms with Crippen LogP contribution in [0.15, 0.2) is 53.7 Å². The fourth-order valence-corrected chi connectivity index (χ4v) is 3.47. The van der Waals surface area contributed by atoms with Gasteiger partial charge in [-0.1, -0.05) is 36.0 Å². The number of rotatable bonds is 7. The number of carbonyl (C=O) groups is 1. The molecule has 1 aromatic heterocycles. The Labute approximate surface area is 144 Å². The van der Waals surface area contributed by atoms with Crippen molar-refractivity contribution in [1.82, 2.24) is 9.55 Å². The highest BCUT2D eigenvalue weighted by atomic mass is 32.2. The number of aromatic nitrogens is 2. The summed E-state index contributed by atoms with van der Waals surface area (Å²) in [7, 11) is 1.70. The predicted molar refractivity (Wildman–Crippen MR) is 96.1 cm³/mol. The molecule has 0 unspecified atom stereocenters. The third kappa shape index (κ3) is 3.60. The van der Waals surface area contributed by atoms with Gasteiger partial charge < -0.3 is 15.0 Å². The lowest BCUT2D eigenvalue weighted by Gasteiger charge is -2.08. The number of hydrogen-bond donors (Lipinski definition) is 1. The average molecular weight is 341 g/mol. The van der Waals surface area contributed by atoms with Gasteiger partial charge in [0.2, 0.25) is 5.91 Å². The molecule has 1 heterocycles. The van der Waals surface area contributed by atoms with Crippen LogP contribution in [0.1, 0.15) is 15.9 Å². The van der Waals surface area contributed by atoms with Crippen LogP contribution in [0.3, 0.4) is 0 Å². The summed E-state index contributed by atoms with van der Waals surface area (Å²) in [5.41, 5.74) is 9.01. The fraction of sp³-hybridized carbons (Fsp3) is 0.222. The van der Waals surface area contributed by atoms with Crippen LogP contribution in [0, 0.1) is 0 Å². The number of primary amides is 1. The number of ether oxygens (including phenoxy) is 1. The van der Waals surface area contributed by atoms with Gasteiger partial charge in [0.25, 0.3) is 0 Å². The van der Waals surface area contributed by atoms with Crippen molar-refractivity contribution in [3.63, 3.8) is 0 Å². The highest BCUT2D eigenvalue weighted by molar-refractivity contribution is 7.98. The van der Waals surface area contributed by atoms with Crippen molar-refractivity contribution >= 4 is 28.7 Å². The number of nitrogens with two attached hydrogens (primary N) is 1. The van der Waals surface area contributed by atoms with E-state index in [1.807, 2.05) is 30.3 Å². The first kappa shape index (κ1) is 16.5. The van der Waals surface area contributed by atoms with Crippen molar-refractivity contribution in [2.45, 2.75) is 17.5 Å². The van der Waals surface area contributed by atoms with E-state index in [0.29, 0.717) is 12.2 Å². The van der Waals surface area contributed by atoms with Crippen LogP contribution < -0.4 is 5.73 Å². The molecule has 0 bridgehead atoms. The van der Waals surface area contributed by atoms with Gasteiger partial charge in [-0.3, -0.25) is 4.79 Å². The van der Waals surface area contributed by atoms with E-state index in [-0.39, 0.29) is 0 Å². The number of nitrogens with zero attached hydrogens (tertiary/aromatic N) is 2. The van der Waals surface area contributed by atoms with Crippen LogP contribution >= 0.6 is 11.8 Å². The molecule has 0 fully saturated rings. The van der Waals surface area contributed by atoms with Gasteiger partial charge in [-0.25, -0.2) is 4.98 Å². The van der Waals surface area contributed by atoms with Gasteiger partial charge in [-0.05, 0) is 29.8 Å². The Bertz CT molecular complexity index is 843. The Morgan fingerprint density at radius 3 is 2.67 bits per heavy atom. The van der Waals surface area contributed by atoms with Gasteiger partial charge in [0.1, 0.15) is 0 Å². The maximum Gasteiger partial charge on any atom is 0.248 e. The molecule has 124 valence electrons. The summed E-state index contributed by atoms with van der Waals surface area (Å²) in [6.45, 7) is 1.40. The monoisotopic (exact) mass is 341 g/mol. The topological polar surface area (TPSA) is 70.1 Å². The van der Waals surface area contributed by atoms with E-state index in [4.69, 9.17) is 15.5 Å². The molecule has 0 saturated carbocycles. The molecule has 0 aliphatic heterocycles. The Kier molecular flexibility index (Phi) is 5.17. The van der Waals surface area contributed by atoms with E-state index in [1.54, 1.807) is 31.0 Å². The fourth-order valence-electron chi connectivity index (χ4n) is 2.48. The summed E-state index contributed by atoms with van der Waals surface area (Å²) < 4.78 is 7.40. The van der Waals surface area contributed by atoms with Crippen molar-refractivity contribution in [3.05, 3.63) is 59.7 Å². The molecule has 0 aliphatic carbocycles. The molecule has 6 heteroatoms. The third-order valence-electron chi connectivity index (χ3n) is 3.74. The van der Waals surface area contributed by atoms with Crippen LogP contribution in [0.25, 0.3) is 11.0 Å². The molecule has 2 N–H and O–H groups in total. The first-order chi connectivity index (χ1) is 11.7. The maximum absolute atomic E-state index is 11.1. The Hall–Kier alpha value is -2.31. The maximum atomic E-state index is 11.1. The molecular formula is C18H19N3O2S. The lowest BCUT2D eigenvalue weighted by molar-refractivity contribution is 0.100. The smallest absolute Gasteiger partial charge is 0.248 e. The van der Waals surface area contributed by atoms with Crippen LogP contribution in [-0.2, 0) is 17.0 Å². The molecule has 24 heavy (non-hydrogen) atoms. The highest BCUT2D eigenvalue weighted by Gasteiger charge is 2.11. The second kappa shape index (κ2) is 7.51. The Morgan fingerprint density at radius 1 is 1.21 bits per heavy atom. The zero-order valence-corrected chi connectivity index (χ0v) is 14.3. The first-order valence-corrected chi connectivity index (χ1v) is 8.63. The van der Waals surface area contributed by atoms with Gasteiger partial charge in [0.15, 0.2) is 5.16 Å². The van der Waals surface area contributed by atoms with Crippen molar-refractivity contribution in [2.24, 2.45) is 5.73 Å². The van der Waals surface area contributed by atoms with Gasteiger partial charge in [0, 0.05) is 25.0 Å². The minimum atomic E-state index is -0.407. The van der Waals surface area contributed by atoms with Crippen LogP contribution in [0.5, 0.6) is 0 Å². The van der Waals surface area contributed by atoms with Gasteiger partial charge in [0.05, 0.1) is 17.6 Å². The summed E-state index contributed by atoms with van der Waals surface area (Å²) in [5, 5.41) is 0.965. The largest absolute Gasteiger partial charge is 0.383 e. The average Bonchev–Trinajstić information content (AvgIpc) is 2.96. The standard InChI is InChI=1S/C18H19N3O2S/c1-23-11-10-21-16-5-3-2-4-15(16)20-18(21)24-12-13-6-8-14(9-7-13)17(19)22/h2-9H,10-12H2,1H3,(H2,19,22). The summed E-state index contributed by atoms with van der Waals surface area (Å²) >= 11 is 1.67. The number of benzene rings is 2. The van der Waals surface area contributed by atoms with E-state index in [1.165, 1.54) is 0 Å². The van der Waals surface area contributed by atoms with Crippen molar-refractivity contribution in [2.75, 3.05) is 13.7 Å². The highest BCUT2D eigenvalue weighted by Crippen LogP contribution is 2.26. The lowest BCUT2D eigenvalue weighted by atomic mass is 10.1. The van der Waals surface area contributed by atoms with Crippen molar-refractivity contribution in [3.8, 4) is 0 Å². The number of thioether (sulfide) groups is 1. The van der Waals surface area contributed by atoms with E-state index >= 15 is 0 Å². The van der Waals surface area contributed by atoms with E-state index in [0.717, 1.165) is 34.1 Å². The zero-order valence-electron chi connectivity index (χ0n) is 13.4. The van der Waals surface area contributed by atoms with Crippen LogP contribution in [-0.4, -0.2) is 29.2 Å². The van der Waals surface area contributed by atoms with Crippen molar-refractivity contribution in [1.29, 1.82) is 0 Å². The minimum absolute atomic E-state index is 0.407. The normalized spacial score (nSPS) is 11.0. The second-order valence-corrected chi connectivity index (χ2v) is 6.32. The lowest BCUT2D eigenvalue weighted by Crippen LogP contribution is -2.10. The molecule has 0 saturated heterocycles. The molecule has 0 radical (unpaired) electrons. The van der Waals surface area contributed by atoms with Crippen LogP contribution in [0.4, 0.5) is 0 Å². The number of para-hydroxylation sites is 2. The number of hydrogen-bond acceptors (Lipinski definition) is 4. The van der Waals surface area contributed by atoms with Gasteiger partial charge >= 0.3 is 0 Å². The van der Waals surface area contributed by atoms with Gasteiger partial charge in [-0.15, -0.1) is 0 Å². The molecule has 0 spiro atoms. The quantitative estimate of drug-likeness (QED) is 0.671. The second-order valence-electron chi connectivity index (χ2n) is 5.38. The van der Waals surface area contributed by atoms with E-state index in [2.05, 4.69) is 10.6 Å². The summed E-state index contributed by atoms with van der Waals surface area (Å²) in [4.78, 5) is 15.9. The number of amides is 1. The molecule has 5 nitrogen and oxygen atoms in total. The van der Waals surface area contributed by atoms with Crippen molar-refractivity contribution < 1.29 is 9.53 Å². The van der Waals surface area contributed by atoms with Gasteiger partial charge in [-0.2, -0.15) is 0 Å². The van der Waals surface area contributed by atoms with Crippen LogP contribution in [0.2, 0.25) is 0 Å². The molecule has 3 rings (SSSR count).